The SMILES string of the molecule is CCOC(=O)C1CNCC1(CC)c1ccco1. The van der Waals surface area contributed by atoms with Gasteiger partial charge in [-0.05, 0) is 25.5 Å². The normalized spacial score (nSPS) is 28.2. The molecule has 1 saturated heterocycles. The van der Waals surface area contributed by atoms with Gasteiger partial charge in [0.15, 0.2) is 0 Å². The summed E-state index contributed by atoms with van der Waals surface area (Å²) in [6.45, 7) is 5.77. The van der Waals surface area contributed by atoms with E-state index in [0.29, 0.717) is 13.2 Å². The molecule has 0 spiro atoms. The maximum atomic E-state index is 12.0. The number of carbonyl (C=O) groups is 1. The molecule has 1 aromatic heterocycles. The van der Waals surface area contributed by atoms with Crippen LogP contribution in [0.25, 0.3) is 0 Å². The molecule has 2 rings (SSSR count). The Morgan fingerprint density at radius 1 is 1.65 bits per heavy atom. The number of nitrogens with one attached hydrogen (secondary N) is 1. The smallest absolute Gasteiger partial charge is 0.311 e. The first-order valence-corrected chi connectivity index (χ1v) is 6.16. The first-order chi connectivity index (χ1) is 8.24. The minimum Gasteiger partial charge on any atom is -0.469 e. The van der Waals surface area contributed by atoms with Crippen LogP contribution in [0.5, 0.6) is 0 Å². The Labute approximate surface area is 101 Å². The van der Waals surface area contributed by atoms with Crippen LogP contribution in [-0.4, -0.2) is 25.7 Å². The lowest BCUT2D eigenvalue weighted by atomic mass is 9.74. The van der Waals surface area contributed by atoms with Crippen LogP contribution in [0.4, 0.5) is 0 Å². The number of ether oxygens (including phenoxy) is 1. The predicted molar refractivity (Wildman–Crippen MR) is 63.7 cm³/mol. The fourth-order valence-corrected chi connectivity index (χ4v) is 2.68. The number of hydrogen-bond acceptors (Lipinski definition) is 4. The van der Waals surface area contributed by atoms with E-state index in [2.05, 4.69) is 12.2 Å². The average Bonchev–Trinajstić information content (AvgIpc) is 2.98. The third-order valence-electron chi connectivity index (χ3n) is 3.67. The predicted octanol–water partition coefficient (Wildman–Crippen LogP) is 1.71. The second-order valence-corrected chi connectivity index (χ2v) is 4.42. The van der Waals surface area contributed by atoms with Crippen molar-refractivity contribution in [3.8, 4) is 0 Å². The molecule has 2 unspecified atom stereocenters. The lowest BCUT2D eigenvalue weighted by Gasteiger charge is -2.30. The average molecular weight is 237 g/mol. The second kappa shape index (κ2) is 4.92. The number of rotatable bonds is 4. The van der Waals surface area contributed by atoms with Gasteiger partial charge >= 0.3 is 5.97 Å². The van der Waals surface area contributed by atoms with E-state index in [0.717, 1.165) is 18.7 Å². The fourth-order valence-electron chi connectivity index (χ4n) is 2.68. The van der Waals surface area contributed by atoms with Crippen LogP contribution in [0.15, 0.2) is 22.8 Å². The van der Waals surface area contributed by atoms with E-state index in [1.807, 2.05) is 19.1 Å². The molecule has 1 aliphatic rings. The Kier molecular flexibility index (Phi) is 3.52. The molecule has 2 heterocycles. The zero-order valence-corrected chi connectivity index (χ0v) is 10.4. The van der Waals surface area contributed by atoms with Gasteiger partial charge in [-0.2, -0.15) is 0 Å². The summed E-state index contributed by atoms with van der Waals surface area (Å²) in [5.41, 5.74) is -0.254. The maximum absolute atomic E-state index is 12.0. The molecule has 0 radical (unpaired) electrons. The summed E-state index contributed by atoms with van der Waals surface area (Å²) in [5, 5.41) is 3.28. The van der Waals surface area contributed by atoms with E-state index >= 15 is 0 Å². The molecule has 94 valence electrons. The van der Waals surface area contributed by atoms with Crippen molar-refractivity contribution in [1.29, 1.82) is 0 Å². The minimum atomic E-state index is -0.254. The quantitative estimate of drug-likeness (QED) is 0.810. The summed E-state index contributed by atoms with van der Waals surface area (Å²) >= 11 is 0. The molecule has 0 amide bonds. The van der Waals surface area contributed by atoms with Crippen molar-refractivity contribution < 1.29 is 13.9 Å². The zero-order valence-electron chi connectivity index (χ0n) is 10.4. The van der Waals surface area contributed by atoms with Gasteiger partial charge < -0.3 is 14.5 Å². The van der Waals surface area contributed by atoms with Gasteiger partial charge in [0.1, 0.15) is 5.76 Å². The third-order valence-corrected chi connectivity index (χ3v) is 3.67. The highest BCUT2D eigenvalue weighted by molar-refractivity contribution is 5.75. The number of esters is 1. The molecule has 1 aliphatic heterocycles. The molecule has 0 bridgehead atoms. The van der Waals surface area contributed by atoms with Crippen molar-refractivity contribution in [2.75, 3.05) is 19.7 Å². The summed E-state index contributed by atoms with van der Waals surface area (Å²) in [5.74, 6) is 0.595. The lowest BCUT2D eigenvalue weighted by molar-refractivity contribution is -0.149. The van der Waals surface area contributed by atoms with Crippen molar-refractivity contribution in [2.45, 2.75) is 25.7 Å². The Hall–Kier alpha value is -1.29. The van der Waals surface area contributed by atoms with Gasteiger partial charge in [0.2, 0.25) is 0 Å². The van der Waals surface area contributed by atoms with Crippen molar-refractivity contribution in [3.05, 3.63) is 24.2 Å². The molecule has 1 N–H and O–H groups in total. The first-order valence-electron chi connectivity index (χ1n) is 6.16. The summed E-state index contributed by atoms with van der Waals surface area (Å²) in [7, 11) is 0. The molecule has 4 heteroatoms. The summed E-state index contributed by atoms with van der Waals surface area (Å²) in [6.07, 6.45) is 2.52. The molecule has 4 nitrogen and oxygen atoms in total. The Bertz CT molecular complexity index is 374. The Balaban J connectivity index is 2.29. The van der Waals surface area contributed by atoms with Gasteiger partial charge in [-0.3, -0.25) is 4.79 Å². The van der Waals surface area contributed by atoms with Crippen molar-refractivity contribution >= 4 is 5.97 Å². The summed E-state index contributed by atoms with van der Waals surface area (Å²) in [6, 6.07) is 3.82. The van der Waals surface area contributed by atoms with E-state index in [1.54, 1.807) is 6.26 Å². The molecule has 0 aliphatic carbocycles. The van der Waals surface area contributed by atoms with E-state index in [-0.39, 0.29) is 17.3 Å². The highest BCUT2D eigenvalue weighted by Crippen LogP contribution is 2.39. The number of hydrogen-bond donors (Lipinski definition) is 1. The van der Waals surface area contributed by atoms with Crippen molar-refractivity contribution in [1.82, 2.24) is 5.32 Å². The highest BCUT2D eigenvalue weighted by atomic mass is 16.5. The molecule has 1 fully saturated rings. The van der Waals surface area contributed by atoms with E-state index in [9.17, 15) is 4.79 Å². The monoisotopic (exact) mass is 237 g/mol. The highest BCUT2D eigenvalue weighted by Gasteiger charge is 2.49. The van der Waals surface area contributed by atoms with E-state index in [1.165, 1.54) is 0 Å². The number of carbonyl (C=O) groups excluding carboxylic acids is 1. The molecular weight excluding hydrogens is 218 g/mol. The van der Waals surface area contributed by atoms with Crippen LogP contribution in [-0.2, 0) is 14.9 Å². The first kappa shape index (κ1) is 12.2. The fraction of sp³-hybridized carbons (Fsp3) is 0.615. The van der Waals surface area contributed by atoms with Gasteiger partial charge in [0.25, 0.3) is 0 Å². The molecule has 0 aromatic carbocycles. The Morgan fingerprint density at radius 3 is 3.06 bits per heavy atom. The maximum Gasteiger partial charge on any atom is 0.311 e. The molecule has 2 atom stereocenters. The van der Waals surface area contributed by atoms with Crippen LogP contribution in [0.2, 0.25) is 0 Å². The van der Waals surface area contributed by atoms with Gasteiger partial charge in [-0.25, -0.2) is 0 Å². The zero-order chi connectivity index (χ0) is 12.3. The van der Waals surface area contributed by atoms with Crippen molar-refractivity contribution in [3.63, 3.8) is 0 Å². The Morgan fingerprint density at radius 2 is 2.47 bits per heavy atom. The van der Waals surface area contributed by atoms with Crippen LogP contribution >= 0.6 is 0 Å². The van der Waals surface area contributed by atoms with Crippen molar-refractivity contribution in [2.24, 2.45) is 5.92 Å². The third kappa shape index (κ3) is 1.97. The number of furan rings is 1. The summed E-state index contributed by atoms with van der Waals surface area (Å²) in [4.78, 5) is 12.0. The molecule has 17 heavy (non-hydrogen) atoms. The lowest BCUT2D eigenvalue weighted by Crippen LogP contribution is -2.39. The van der Waals surface area contributed by atoms with Gasteiger partial charge in [-0.1, -0.05) is 6.92 Å². The second-order valence-electron chi connectivity index (χ2n) is 4.42. The van der Waals surface area contributed by atoms with Crippen LogP contribution in [0.1, 0.15) is 26.0 Å². The van der Waals surface area contributed by atoms with Gasteiger partial charge in [0.05, 0.1) is 24.2 Å². The van der Waals surface area contributed by atoms with E-state index in [4.69, 9.17) is 9.15 Å². The summed E-state index contributed by atoms with van der Waals surface area (Å²) < 4.78 is 10.7. The minimum absolute atomic E-state index is 0.129. The molecular formula is C13H19NO3. The standard InChI is InChI=1S/C13H19NO3/c1-3-13(11-6-5-7-17-11)9-14-8-10(13)12(15)16-4-2/h5-7,10,14H,3-4,8-9H2,1-2H3. The van der Waals surface area contributed by atoms with Crippen LogP contribution < -0.4 is 5.32 Å². The van der Waals surface area contributed by atoms with Gasteiger partial charge in [-0.15, -0.1) is 0 Å². The molecule has 0 saturated carbocycles. The van der Waals surface area contributed by atoms with Gasteiger partial charge in [0, 0.05) is 13.1 Å². The molecule has 1 aromatic rings. The van der Waals surface area contributed by atoms with Crippen LogP contribution in [0, 0.1) is 5.92 Å². The largest absolute Gasteiger partial charge is 0.469 e. The van der Waals surface area contributed by atoms with Crippen LogP contribution in [0.3, 0.4) is 0 Å². The van der Waals surface area contributed by atoms with E-state index < -0.39 is 0 Å². The topological polar surface area (TPSA) is 51.5 Å².